The lowest BCUT2D eigenvalue weighted by atomic mass is 10.1. The molecule has 0 saturated carbocycles. The Morgan fingerprint density at radius 2 is 1.97 bits per heavy atom. The van der Waals surface area contributed by atoms with Crippen LogP contribution in [0.3, 0.4) is 0 Å². The maximum Gasteiger partial charge on any atom is 0.270 e. The second kappa shape index (κ2) is 8.41. The van der Waals surface area contributed by atoms with Gasteiger partial charge in [0.1, 0.15) is 0 Å². The minimum absolute atomic E-state index is 0.0476. The Morgan fingerprint density at radius 3 is 2.68 bits per heavy atom. The number of anilines is 1. The van der Waals surface area contributed by atoms with Gasteiger partial charge in [-0.15, -0.1) is 0 Å². The molecular formula is C22H17ClN4O3S. The normalized spacial score (nSPS) is 10.9. The first-order valence-corrected chi connectivity index (χ1v) is 10.6. The van der Waals surface area contributed by atoms with Crippen molar-refractivity contribution in [1.29, 1.82) is 0 Å². The highest BCUT2D eigenvalue weighted by atomic mass is 35.5. The first-order valence-electron chi connectivity index (χ1n) is 9.36. The summed E-state index contributed by atoms with van der Waals surface area (Å²) in [6.07, 6.45) is 3.31. The summed E-state index contributed by atoms with van der Waals surface area (Å²) < 4.78 is 0.951. The second-order valence-corrected chi connectivity index (χ2v) is 8.49. The van der Waals surface area contributed by atoms with Crippen LogP contribution in [0.15, 0.2) is 54.9 Å². The van der Waals surface area contributed by atoms with Gasteiger partial charge in [0.25, 0.3) is 11.6 Å². The molecule has 9 heteroatoms. The quantitative estimate of drug-likeness (QED) is 0.285. The van der Waals surface area contributed by atoms with Crippen LogP contribution in [0.2, 0.25) is 5.02 Å². The number of thiazole rings is 1. The van der Waals surface area contributed by atoms with E-state index in [0.29, 0.717) is 5.13 Å². The molecule has 156 valence electrons. The molecule has 0 spiro atoms. The number of hydrogen-bond donors (Lipinski definition) is 0. The van der Waals surface area contributed by atoms with E-state index in [0.717, 1.165) is 26.9 Å². The van der Waals surface area contributed by atoms with Gasteiger partial charge in [-0.3, -0.25) is 24.8 Å². The number of halogens is 1. The van der Waals surface area contributed by atoms with Gasteiger partial charge < -0.3 is 0 Å². The van der Waals surface area contributed by atoms with Crippen LogP contribution in [0.1, 0.15) is 27.0 Å². The molecule has 0 fully saturated rings. The number of amides is 1. The van der Waals surface area contributed by atoms with E-state index in [1.807, 2.05) is 32.0 Å². The van der Waals surface area contributed by atoms with Gasteiger partial charge in [-0.2, -0.15) is 0 Å². The Morgan fingerprint density at radius 1 is 1.19 bits per heavy atom. The standard InChI is InChI=1S/C22H17ClN4O3S/c1-13-8-19-20(9-14(13)2)31-22(25-19)26(12-15-4-3-7-24-11-15)21(28)17-10-16(27(29)30)5-6-18(17)23/h3-11H,12H2,1-2H3. The number of nitrogens with zero attached hydrogens (tertiary/aromatic N) is 4. The van der Waals surface area contributed by atoms with E-state index in [2.05, 4.69) is 9.97 Å². The number of fused-ring (bicyclic) bond motifs is 1. The lowest BCUT2D eigenvalue weighted by Gasteiger charge is -2.20. The molecule has 0 bridgehead atoms. The molecule has 0 aliphatic carbocycles. The van der Waals surface area contributed by atoms with Crippen LogP contribution in [0, 0.1) is 24.0 Å². The number of nitro benzene ring substituents is 1. The van der Waals surface area contributed by atoms with Crippen molar-refractivity contribution in [3.63, 3.8) is 0 Å². The van der Waals surface area contributed by atoms with Gasteiger partial charge in [-0.1, -0.05) is 29.0 Å². The van der Waals surface area contributed by atoms with Crippen LogP contribution in [-0.4, -0.2) is 20.8 Å². The highest BCUT2D eigenvalue weighted by Gasteiger charge is 2.25. The van der Waals surface area contributed by atoms with Crippen LogP contribution in [0.4, 0.5) is 10.8 Å². The predicted molar refractivity (Wildman–Crippen MR) is 122 cm³/mol. The third kappa shape index (κ3) is 4.26. The van der Waals surface area contributed by atoms with Crippen LogP contribution >= 0.6 is 22.9 Å². The summed E-state index contributed by atoms with van der Waals surface area (Å²) in [6, 6.07) is 11.5. The van der Waals surface area contributed by atoms with Crippen LogP contribution in [0.5, 0.6) is 0 Å². The van der Waals surface area contributed by atoms with E-state index in [9.17, 15) is 14.9 Å². The summed E-state index contributed by atoms with van der Waals surface area (Å²) in [4.78, 5) is 34.5. The molecule has 0 saturated heterocycles. The average Bonchev–Trinajstić information content (AvgIpc) is 3.15. The van der Waals surface area contributed by atoms with Gasteiger partial charge in [-0.05, 0) is 54.8 Å². The van der Waals surface area contributed by atoms with Crippen molar-refractivity contribution in [3.05, 3.63) is 92.2 Å². The molecule has 1 amide bonds. The van der Waals surface area contributed by atoms with Crippen LogP contribution in [0.25, 0.3) is 10.2 Å². The zero-order valence-electron chi connectivity index (χ0n) is 16.7. The van der Waals surface area contributed by atoms with Crippen molar-refractivity contribution >= 4 is 49.9 Å². The minimum Gasteiger partial charge on any atom is -0.279 e. The summed E-state index contributed by atoms with van der Waals surface area (Å²) in [5.74, 6) is -0.468. The maximum absolute atomic E-state index is 13.5. The monoisotopic (exact) mass is 452 g/mol. The van der Waals surface area contributed by atoms with E-state index in [1.165, 1.54) is 34.4 Å². The van der Waals surface area contributed by atoms with Gasteiger partial charge in [0.05, 0.1) is 32.3 Å². The zero-order chi connectivity index (χ0) is 22.1. The summed E-state index contributed by atoms with van der Waals surface area (Å²) >= 11 is 7.63. The number of nitro groups is 1. The van der Waals surface area contributed by atoms with Crippen molar-refractivity contribution in [2.75, 3.05) is 4.90 Å². The molecule has 4 aromatic rings. The van der Waals surface area contributed by atoms with E-state index >= 15 is 0 Å². The average molecular weight is 453 g/mol. The van der Waals surface area contributed by atoms with Crippen LogP contribution in [-0.2, 0) is 6.54 Å². The molecule has 0 N–H and O–H groups in total. The lowest BCUT2D eigenvalue weighted by Crippen LogP contribution is -2.30. The molecule has 0 aliphatic heterocycles. The number of hydrogen-bond acceptors (Lipinski definition) is 6. The van der Waals surface area contributed by atoms with E-state index in [4.69, 9.17) is 11.6 Å². The van der Waals surface area contributed by atoms with Gasteiger partial charge in [-0.25, -0.2) is 4.98 Å². The van der Waals surface area contributed by atoms with Gasteiger partial charge >= 0.3 is 0 Å². The number of carbonyl (C=O) groups excluding carboxylic acids is 1. The van der Waals surface area contributed by atoms with E-state index < -0.39 is 10.8 Å². The topological polar surface area (TPSA) is 89.2 Å². The zero-order valence-corrected chi connectivity index (χ0v) is 18.3. The van der Waals surface area contributed by atoms with Gasteiger partial charge in [0, 0.05) is 24.5 Å². The third-order valence-electron chi connectivity index (χ3n) is 4.92. The first-order chi connectivity index (χ1) is 14.8. The number of rotatable bonds is 5. The maximum atomic E-state index is 13.5. The number of benzene rings is 2. The van der Waals surface area contributed by atoms with Gasteiger partial charge in [0.2, 0.25) is 0 Å². The summed E-state index contributed by atoms with van der Waals surface area (Å²) in [5, 5.41) is 11.8. The Balaban J connectivity index is 1.82. The van der Waals surface area contributed by atoms with E-state index in [1.54, 1.807) is 18.5 Å². The molecule has 2 aromatic heterocycles. The smallest absolute Gasteiger partial charge is 0.270 e. The number of carbonyl (C=O) groups is 1. The minimum atomic E-state index is -0.554. The van der Waals surface area contributed by atoms with E-state index in [-0.39, 0.29) is 22.8 Å². The van der Waals surface area contributed by atoms with Crippen molar-refractivity contribution in [1.82, 2.24) is 9.97 Å². The fourth-order valence-electron chi connectivity index (χ4n) is 3.12. The summed E-state index contributed by atoms with van der Waals surface area (Å²) in [7, 11) is 0. The Labute approximate surface area is 187 Å². The number of aryl methyl sites for hydroxylation is 2. The molecule has 7 nitrogen and oxygen atoms in total. The molecule has 0 aliphatic rings. The molecule has 2 heterocycles. The Hall–Kier alpha value is -3.36. The molecule has 4 rings (SSSR count). The lowest BCUT2D eigenvalue weighted by molar-refractivity contribution is -0.384. The number of aromatic nitrogens is 2. The fraction of sp³-hybridized carbons (Fsp3) is 0.136. The Kier molecular flexibility index (Phi) is 5.67. The van der Waals surface area contributed by atoms with Crippen LogP contribution < -0.4 is 4.90 Å². The van der Waals surface area contributed by atoms with Crippen molar-refractivity contribution < 1.29 is 9.72 Å². The van der Waals surface area contributed by atoms with Gasteiger partial charge in [0.15, 0.2) is 5.13 Å². The molecule has 0 unspecified atom stereocenters. The summed E-state index contributed by atoms with van der Waals surface area (Å²) in [5.41, 5.74) is 3.67. The predicted octanol–water partition coefficient (Wildman–Crippen LogP) is 5.72. The molecule has 0 radical (unpaired) electrons. The molecule has 0 atom stereocenters. The number of pyridine rings is 1. The molecule has 31 heavy (non-hydrogen) atoms. The fourth-order valence-corrected chi connectivity index (χ4v) is 4.36. The Bertz CT molecular complexity index is 1270. The molecular weight excluding hydrogens is 436 g/mol. The SMILES string of the molecule is Cc1cc2nc(N(Cc3cccnc3)C(=O)c3cc([N+](=O)[O-])ccc3Cl)sc2cc1C. The van der Waals surface area contributed by atoms with Crippen molar-refractivity contribution in [2.45, 2.75) is 20.4 Å². The number of non-ortho nitro benzene ring substituents is 1. The highest BCUT2D eigenvalue weighted by molar-refractivity contribution is 7.22. The largest absolute Gasteiger partial charge is 0.279 e. The van der Waals surface area contributed by atoms with Crippen molar-refractivity contribution in [2.24, 2.45) is 0 Å². The highest BCUT2D eigenvalue weighted by Crippen LogP contribution is 2.33. The first kappa shape index (κ1) is 20.9. The molecule has 2 aromatic carbocycles. The second-order valence-electron chi connectivity index (χ2n) is 7.07. The summed E-state index contributed by atoms with van der Waals surface area (Å²) in [6.45, 7) is 4.23. The third-order valence-corrected chi connectivity index (χ3v) is 6.29. The van der Waals surface area contributed by atoms with Crippen molar-refractivity contribution in [3.8, 4) is 0 Å².